The Hall–Kier alpha value is -2.13. The largest absolute Gasteiger partial charge is 0.488 e. The molecular weight excluding hydrogens is 521 g/mol. The number of carbonyl (C=O) groups excluding carboxylic acids is 2. The van der Waals surface area contributed by atoms with E-state index in [0.717, 1.165) is 10.0 Å². The molecule has 2 rings (SSSR count). The van der Waals surface area contributed by atoms with Crippen molar-refractivity contribution in [1.82, 2.24) is 10.7 Å². The van der Waals surface area contributed by atoms with Crippen LogP contribution in [0.25, 0.3) is 0 Å². The van der Waals surface area contributed by atoms with Gasteiger partial charge in [0.2, 0.25) is 0 Å². The van der Waals surface area contributed by atoms with Gasteiger partial charge < -0.3 is 14.8 Å². The molecule has 0 saturated heterocycles. The Kier molecular flexibility index (Phi) is 11.0. The number of hydrogen-bond donors (Lipinski definition) is 2. The number of nitrogens with zero attached hydrogens (tertiary/aromatic N) is 1. The van der Waals surface area contributed by atoms with Gasteiger partial charge in [-0.05, 0) is 50.6 Å². The number of rotatable bonds is 10. The molecule has 10 heteroatoms. The first kappa shape index (κ1) is 26.1. The Balaban J connectivity index is 1.90. The van der Waals surface area contributed by atoms with E-state index < -0.39 is 11.8 Å². The van der Waals surface area contributed by atoms with E-state index in [1.807, 2.05) is 19.9 Å². The van der Waals surface area contributed by atoms with Crippen molar-refractivity contribution in [1.29, 1.82) is 0 Å². The molecule has 2 amide bonds. The van der Waals surface area contributed by atoms with Crippen LogP contribution in [0.2, 0.25) is 10.0 Å². The van der Waals surface area contributed by atoms with Crippen molar-refractivity contribution in [2.45, 2.75) is 33.0 Å². The number of carbonyl (C=O) groups is 2. The lowest BCUT2D eigenvalue weighted by Crippen LogP contribution is -2.38. The third-order valence-corrected chi connectivity index (χ3v) is 5.08. The molecule has 0 aliphatic carbocycles. The fourth-order valence-corrected chi connectivity index (χ4v) is 3.27. The van der Waals surface area contributed by atoms with E-state index in [0.29, 0.717) is 40.9 Å². The summed E-state index contributed by atoms with van der Waals surface area (Å²) in [6.07, 6.45) is 2.13. The highest BCUT2D eigenvalue weighted by Gasteiger charge is 2.12. The van der Waals surface area contributed by atoms with Gasteiger partial charge in [-0.25, -0.2) is 5.43 Å². The molecule has 0 bridgehead atoms. The molecule has 172 valence electrons. The quantitative estimate of drug-likeness (QED) is 0.196. The van der Waals surface area contributed by atoms with Crippen LogP contribution in [0.15, 0.2) is 46.0 Å². The van der Waals surface area contributed by atoms with Crippen LogP contribution in [0.1, 0.15) is 31.4 Å². The summed E-state index contributed by atoms with van der Waals surface area (Å²) in [5.74, 6) is -1.11. The fraction of sp³-hybridized carbons (Fsp3) is 0.318. The van der Waals surface area contributed by atoms with Crippen LogP contribution in [0.3, 0.4) is 0 Å². The number of amides is 2. The Morgan fingerprint density at radius 1 is 1.16 bits per heavy atom. The highest BCUT2D eigenvalue weighted by atomic mass is 79.9. The van der Waals surface area contributed by atoms with Gasteiger partial charge in [-0.2, -0.15) is 5.10 Å². The van der Waals surface area contributed by atoms with Gasteiger partial charge >= 0.3 is 11.8 Å². The van der Waals surface area contributed by atoms with E-state index in [1.54, 1.807) is 30.3 Å². The second-order valence-corrected chi connectivity index (χ2v) is 8.69. The van der Waals surface area contributed by atoms with Crippen LogP contribution in [-0.4, -0.2) is 37.3 Å². The van der Waals surface area contributed by atoms with Crippen LogP contribution in [0.5, 0.6) is 5.75 Å². The van der Waals surface area contributed by atoms with Crippen LogP contribution >= 0.6 is 39.1 Å². The maximum Gasteiger partial charge on any atom is 0.329 e. The predicted octanol–water partition coefficient (Wildman–Crippen LogP) is 4.72. The third kappa shape index (κ3) is 9.16. The molecule has 0 aromatic heterocycles. The first-order chi connectivity index (χ1) is 15.3. The number of halogens is 3. The van der Waals surface area contributed by atoms with Gasteiger partial charge in [0.05, 0.1) is 12.3 Å². The smallest absolute Gasteiger partial charge is 0.329 e. The highest BCUT2D eigenvalue weighted by molar-refractivity contribution is 9.10. The summed E-state index contributed by atoms with van der Waals surface area (Å²) in [7, 11) is 0. The van der Waals surface area contributed by atoms with Crippen LogP contribution < -0.4 is 15.5 Å². The van der Waals surface area contributed by atoms with Crippen molar-refractivity contribution >= 4 is 57.2 Å². The zero-order chi connectivity index (χ0) is 23.5. The Morgan fingerprint density at radius 3 is 2.66 bits per heavy atom. The second-order valence-electron chi connectivity index (χ2n) is 6.93. The Labute approximate surface area is 205 Å². The average molecular weight is 545 g/mol. The lowest BCUT2D eigenvalue weighted by atomic mass is 10.2. The maximum absolute atomic E-state index is 11.9. The van der Waals surface area contributed by atoms with Crippen molar-refractivity contribution < 1.29 is 19.1 Å². The van der Waals surface area contributed by atoms with Gasteiger partial charge in [0.1, 0.15) is 12.4 Å². The molecule has 32 heavy (non-hydrogen) atoms. The molecule has 0 saturated carbocycles. The molecule has 0 aliphatic heterocycles. The topological polar surface area (TPSA) is 89.0 Å². The number of hydrogen-bond acceptors (Lipinski definition) is 5. The van der Waals surface area contributed by atoms with E-state index in [2.05, 4.69) is 31.8 Å². The molecule has 0 heterocycles. The maximum atomic E-state index is 11.9. The van der Waals surface area contributed by atoms with Gasteiger partial charge in [0.15, 0.2) is 0 Å². The van der Waals surface area contributed by atoms with Crippen molar-refractivity contribution in [2.75, 3.05) is 13.2 Å². The normalized spacial score (nSPS) is 11.1. The van der Waals surface area contributed by atoms with E-state index in [1.165, 1.54) is 6.21 Å². The second kappa shape index (κ2) is 13.4. The molecule has 7 nitrogen and oxygen atoms in total. The molecule has 2 N–H and O–H groups in total. The number of nitrogens with one attached hydrogen (secondary N) is 2. The molecule has 2 aromatic rings. The summed E-state index contributed by atoms with van der Waals surface area (Å²) in [4.78, 5) is 23.7. The summed E-state index contributed by atoms with van der Waals surface area (Å²) in [6.45, 7) is 4.91. The standard InChI is InChI=1S/C22H24BrCl2N3O4/c1-14(2)31-9-3-8-26-21(29)22(30)28-27-12-16-10-17(23)5-7-20(16)32-13-15-4-6-18(24)11-19(15)25/h4-7,10-12,14H,3,8-9,13H2,1-2H3,(H,26,29)(H,28,30)/b27-12-. The van der Waals surface area contributed by atoms with Gasteiger partial charge in [-0.3, -0.25) is 9.59 Å². The summed E-state index contributed by atoms with van der Waals surface area (Å²) in [6, 6.07) is 10.5. The van der Waals surface area contributed by atoms with Gasteiger partial charge in [0.25, 0.3) is 0 Å². The average Bonchev–Trinajstić information content (AvgIpc) is 2.73. The fourth-order valence-electron chi connectivity index (χ4n) is 2.43. The van der Waals surface area contributed by atoms with E-state index in [-0.39, 0.29) is 12.7 Å². The van der Waals surface area contributed by atoms with Crippen LogP contribution in [0.4, 0.5) is 0 Å². The SMILES string of the molecule is CC(C)OCCCNC(=O)C(=O)N/N=C\c1cc(Br)ccc1OCc1ccc(Cl)cc1Cl. The lowest BCUT2D eigenvalue weighted by molar-refractivity contribution is -0.139. The lowest BCUT2D eigenvalue weighted by Gasteiger charge is -2.11. The molecule has 0 atom stereocenters. The monoisotopic (exact) mass is 543 g/mol. The van der Waals surface area contributed by atoms with E-state index in [4.69, 9.17) is 32.7 Å². The van der Waals surface area contributed by atoms with Crippen molar-refractivity contribution in [3.8, 4) is 5.75 Å². The zero-order valence-electron chi connectivity index (χ0n) is 17.7. The first-order valence-electron chi connectivity index (χ1n) is 9.85. The predicted molar refractivity (Wildman–Crippen MR) is 129 cm³/mol. The van der Waals surface area contributed by atoms with Crippen LogP contribution in [-0.2, 0) is 20.9 Å². The molecule has 0 aliphatic rings. The molecular formula is C22H24BrCl2N3O4. The Bertz CT molecular complexity index is 970. The summed E-state index contributed by atoms with van der Waals surface area (Å²) >= 11 is 15.5. The summed E-state index contributed by atoms with van der Waals surface area (Å²) in [5.41, 5.74) is 3.57. The van der Waals surface area contributed by atoms with Crippen molar-refractivity contribution in [3.63, 3.8) is 0 Å². The summed E-state index contributed by atoms with van der Waals surface area (Å²) in [5, 5.41) is 7.42. The molecule has 2 aromatic carbocycles. The molecule has 0 unspecified atom stereocenters. The van der Waals surface area contributed by atoms with Crippen LogP contribution in [0, 0.1) is 0 Å². The van der Waals surface area contributed by atoms with Crippen molar-refractivity contribution in [3.05, 3.63) is 62.0 Å². The first-order valence-corrected chi connectivity index (χ1v) is 11.4. The van der Waals surface area contributed by atoms with E-state index >= 15 is 0 Å². The molecule has 0 spiro atoms. The molecule has 0 radical (unpaired) electrons. The zero-order valence-corrected chi connectivity index (χ0v) is 20.8. The highest BCUT2D eigenvalue weighted by Crippen LogP contribution is 2.25. The summed E-state index contributed by atoms with van der Waals surface area (Å²) < 4.78 is 12.0. The van der Waals surface area contributed by atoms with Gasteiger partial charge in [0, 0.05) is 38.8 Å². The number of hydrazone groups is 1. The van der Waals surface area contributed by atoms with Crippen molar-refractivity contribution in [2.24, 2.45) is 5.10 Å². The Morgan fingerprint density at radius 2 is 1.94 bits per heavy atom. The number of benzene rings is 2. The molecule has 0 fully saturated rings. The third-order valence-electron chi connectivity index (χ3n) is 4.00. The minimum absolute atomic E-state index is 0.124. The number of ether oxygens (including phenoxy) is 2. The minimum atomic E-state index is -0.864. The minimum Gasteiger partial charge on any atom is -0.488 e. The van der Waals surface area contributed by atoms with Gasteiger partial charge in [-0.15, -0.1) is 0 Å². The van der Waals surface area contributed by atoms with E-state index in [9.17, 15) is 9.59 Å². The van der Waals surface area contributed by atoms with Gasteiger partial charge in [-0.1, -0.05) is 45.2 Å².